The Morgan fingerprint density at radius 1 is 1.47 bits per heavy atom. The Morgan fingerprint density at radius 2 is 2.16 bits per heavy atom. The van der Waals surface area contributed by atoms with Crippen LogP contribution in [0, 0.1) is 0 Å². The van der Waals surface area contributed by atoms with Crippen LogP contribution in [0.3, 0.4) is 0 Å². The molecule has 1 unspecified atom stereocenters. The number of ether oxygens (including phenoxy) is 3. The van der Waals surface area contributed by atoms with Crippen LogP contribution in [0.5, 0.6) is 0 Å². The van der Waals surface area contributed by atoms with Gasteiger partial charge in [-0.3, -0.25) is 4.79 Å². The minimum Gasteiger partial charge on any atom is -0.466 e. The van der Waals surface area contributed by atoms with Crippen LogP contribution < -0.4 is 4.72 Å². The molecule has 1 aliphatic heterocycles. The van der Waals surface area contributed by atoms with Crippen molar-refractivity contribution in [3.05, 3.63) is 0 Å². The van der Waals surface area contributed by atoms with Crippen molar-refractivity contribution in [2.24, 2.45) is 0 Å². The van der Waals surface area contributed by atoms with E-state index in [2.05, 4.69) is 9.46 Å². The van der Waals surface area contributed by atoms with Crippen LogP contribution in [-0.2, 0) is 29.0 Å². The van der Waals surface area contributed by atoms with Gasteiger partial charge in [-0.05, 0) is 20.8 Å². The maximum Gasteiger partial charge on any atom is 0.306 e. The van der Waals surface area contributed by atoms with Crippen LogP contribution in [0.1, 0.15) is 27.2 Å². The average Bonchev–Trinajstić information content (AvgIpc) is 2.65. The fraction of sp³-hybridized carbons (Fsp3) is 0.909. The predicted molar refractivity (Wildman–Crippen MR) is 67.9 cm³/mol. The standard InChI is InChI=1S/C11H21NO6S/c1-4-16-10(13)5-6-19(14,15)12-7-9-8-17-11(2,3)18-9/h9,12H,4-8H2,1-3H3. The van der Waals surface area contributed by atoms with Gasteiger partial charge in [0.15, 0.2) is 5.79 Å². The van der Waals surface area contributed by atoms with Gasteiger partial charge in [-0.15, -0.1) is 0 Å². The lowest BCUT2D eigenvalue weighted by atomic mass is 10.4. The molecule has 1 aliphatic rings. The molecular weight excluding hydrogens is 274 g/mol. The molecule has 0 aromatic carbocycles. The van der Waals surface area contributed by atoms with Gasteiger partial charge in [0.25, 0.3) is 0 Å². The van der Waals surface area contributed by atoms with E-state index in [1.165, 1.54) is 0 Å². The highest BCUT2D eigenvalue weighted by molar-refractivity contribution is 7.89. The summed E-state index contributed by atoms with van der Waals surface area (Å²) >= 11 is 0. The van der Waals surface area contributed by atoms with Crippen LogP contribution in [0.4, 0.5) is 0 Å². The molecule has 8 heteroatoms. The van der Waals surface area contributed by atoms with Gasteiger partial charge in [-0.1, -0.05) is 0 Å². The maximum absolute atomic E-state index is 11.6. The van der Waals surface area contributed by atoms with E-state index in [0.29, 0.717) is 6.61 Å². The normalized spacial score (nSPS) is 22.4. The molecule has 19 heavy (non-hydrogen) atoms. The van der Waals surface area contributed by atoms with Gasteiger partial charge in [-0.2, -0.15) is 0 Å². The number of carbonyl (C=O) groups excluding carboxylic acids is 1. The van der Waals surface area contributed by atoms with E-state index in [4.69, 9.17) is 9.47 Å². The summed E-state index contributed by atoms with van der Waals surface area (Å²) in [6.45, 7) is 5.92. The SMILES string of the molecule is CCOC(=O)CCS(=O)(=O)NCC1COC(C)(C)O1. The molecule has 1 fully saturated rings. The first-order chi connectivity index (χ1) is 8.74. The Kier molecular flexibility index (Phi) is 5.72. The first-order valence-electron chi connectivity index (χ1n) is 6.19. The summed E-state index contributed by atoms with van der Waals surface area (Å²) in [5.74, 6) is -1.49. The van der Waals surface area contributed by atoms with Crippen LogP contribution >= 0.6 is 0 Å². The molecule has 0 aromatic rings. The predicted octanol–water partition coefficient (Wildman–Crippen LogP) is 0.0105. The summed E-state index contributed by atoms with van der Waals surface area (Å²) in [4.78, 5) is 11.1. The van der Waals surface area contributed by atoms with Gasteiger partial charge >= 0.3 is 5.97 Å². The quantitative estimate of drug-likeness (QED) is 0.665. The number of hydrogen-bond acceptors (Lipinski definition) is 6. The van der Waals surface area contributed by atoms with Crippen molar-refractivity contribution in [3.8, 4) is 0 Å². The maximum atomic E-state index is 11.6. The third-order valence-electron chi connectivity index (χ3n) is 2.48. The zero-order valence-corrected chi connectivity index (χ0v) is 12.3. The van der Waals surface area contributed by atoms with Crippen molar-refractivity contribution in [2.45, 2.75) is 39.1 Å². The number of carbonyl (C=O) groups is 1. The molecule has 0 amide bonds. The van der Waals surface area contributed by atoms with Crippen molar-refractivity contribution in [1.29, 1.82) is 0 Å². The monoisotopic (exact) mass is 295 g/mol. The molecule has 1 rings (SSSR count). The molecule has 1 saturated heterocycles. The highest BCUT2D eigenvalue weighted by Gasteiger charge is 2.33. The van der Waals surface area contributed by atoms with Crippen molar-refractivity contribution in [1.82, 2.24) is 4.72 Å². The van der Waals surface area contributed by atoms with Crippen LogP contribution in [-0.4, -0.2) is 51.8 Å². The lowest BCUT2D eigenvalue weighted by molar-refractivity contribution is -0.142. The van der Waals surface area contributed by atoms with Crippen LogP contribution in [0.2, 0.25) is 0 Å². The molecule has 0 saturated carbocycles. The minimum absolute atomic E-state index is 0.134. The summed E-state index contributed by atoms with van der Waals surface area (Å²) in [7, 11) is -3.51. The largest absolute Gasteiger partial charge is 0.466 e. The van der Waals surface area contributed by atoms with E-state index >= 15 is 0 Å². The van der Waals surface area contributed by atoms with E-state index in [-0.39, 0.29) is 31.4 Å². The Balaban J connectivity index is 2.29. The average molecular weight is 295 g/mol. The second-order valence-corrected chi connectivity index (χ2v) is 6.60. The smallest absolute Gasteiger partial charge is 0.306 e. The Morgan fingerprint density at radius 3 is 2.68 bits per heavy atom. The van der Waals surface area contributed by atoms with Gasteiger partial charge in [0.2, 0.25) is 10.0 Å². The fourth-order valence-electron chi connectivity index (χ4n) is 1.61. The van der Waals surface area contributed by atoms with Gasteiger partial charge in [0.1, 0.15) is 0 Å². The van der Waals surface area contributed by atoms with E-state index in [1.807, 2.05) is 0 Å². The Labute approximate surface area is 113 Å². The lowest BCUT2D eigenvalue weighted by Crippen LogP contribution is -2.36. The fourth-order valence-corrected chi connectivity index (χ4v) is 2.63. The molecule has 0 aromatic heterocycles. The van der Waals surface area contributed by atoms with Gasteiger partial charge in [-0.25, -0.2) is 13.1 Å². The second kappa shape index (κ2) is 6.65. The third-order valence-corrected chi connectivity index (χ3v) is 3.83. The van der Waals surface area contributed by atoms with E-state index in [1.54, 1.807) is 20.8 Å². The summed E-state index contributed by atoms with van der Waals surface area (Å²) in [6, 6.07) is 0. The van der Waals surface area contributed by atoms with Crippen molar-refractivity contribution < 1.29 is 27.4 Å². The zero-order valence-electron chi connectivity index (χ0n) is 11.5. The van der Waals surface area contributed by atoms with E-state index in [9.17, 15) is 13.2 Å². The number of hydrogen-bond donors (Lipinski definition) is 1. The zero-order chi connectivity index (χ0) is 14.5. The first-order valence-corrected chi connectivity index (χ1v) is 7.84. The van der Waals surface area contributed by atoms with Crippen molar-refractivity contribution in [2.75, 3.05) is 25.5 Å². The topological polar surface area (TPSA) is 90.9 Å². The summed E-state index contributed by atoms with van der Waals surface area (Å²) in [5.41, 5.74) is 0. The van der Waals surface area contributed by atoms with E-state index in [0.717, 1.165) is 0 Å². The summed E-state index contributed by atoms with van der Waals surface area (Å²) in [6.07, 6.45) is -0.469. The lowest BCUT2D eigenvalue weighted by Gasteiger charge is -2.17. The molecule has 0 radical (unpaired) electrons. The third kappa shape index (κ3) is 6.33. The van der Waals surface area contributed by atoms with E-state index < -0.39 is 21.8 Å². The number of esters is 1. The molecule has 1 atom stereocenters. The van der Waals surface area contributed by atoms with Crippen LogP contribution in [0.25, 0.3) is 0 Å². The molecule has 1 N–H and O–H groups in total. The summed E-state index contributed by atoms with van der Waals surface area (Å²) < 4.78 is 41.1. The highest BCUT2D eigenvalue weighted by atomic mass is 32.2. The van der Waals surface area contributed by atoms with Gasteiger partial charge in [0.05, 0.1) is 31.5 Å². The number of nitrogens with one attached hydrogen (secondary N) is 1. The van der Waals surface area contributed by atoms with Gasteiger partial charge in [0, 0.05) is 6.54 Å². The molecule has 112 valence electrons. The van der Waals surface area contributed by atoms with Crippen molar-refractivity contribution in [3.63, 3.8) is 0 Å². The first kappa shape index (κ1) is 16.4. The molecule has 0 aliphatic carbocycles. The molecular formula is C11H21NO6S. The Bertz CT molecular complexity index is 405. The second-order valence-electron chi connectivity index (χ2n) is 4.67. The highest BCUT2D eigenvalue weighted by Crippen LogP contribution is 2.21. The number of rotatable bonds is 7. The molecule has 1 heterocycles. The van der Waals surface area contributed by atoms with Crippen molar-refractivity contribution >= 4 is 16.0 Å². The summed E-state index contributed by atoms with van der Waals surface area (Å²) in [5, 5.41) is 0. The number of sulfonamides is 1. The minimum atomic E-state index is -3.51. The van der Waals surface area contributed by atoms with Gasteiger partial charge < -0.3 is 14.2 Å². The molecule has 7 nitrogen and oxygen atoms in total. The Hall–Kier alpha value is -0.700. The molecule has 0 bridgehead atoms. The molecule has 0 spiro atoms. The van der Waals surface area contributed by atoms with Crippen LogP contribution in [0.15, 0.2) is 0 Å².